The number of aliphatic hydroxyl groups is 1. The van der Waals surface area contributed by atoms with E-state index in [4.69, 9.17) is 10.5 Å². The molecule has 2 aromatic carbocycles. The predicted octanol–water partition coefficient (Wildman–Crippen LogP) is 3.49. The third-order valence-corrected chi connectivity index (χ3v) is 5.38. The Morgan fingerprint density at radius 2 is 2.11 bits per heavy atom. The molecule has 0 saturated carbocycles. The zero-order valence-corrected chi connectivity index (χ0v) is 16.5. The van der Waals surface area contributed by atoms with Crippen LogP contribution in [0.2, 0.25) is 0 Å². The van der Waals surface area contributed by atoms with Gasteiger partial charge in [0.25, 0.3) is 0 Å². The number of aliphatic hydroxyl groups excluding tert-OH is 1. The van der Waals surface area contributed by atoms with Gasteiger partial charge in [-0.25, -0.2) is 0 Å². The fourth-order valence-corrected chi connectivity index (χ4v) is 4.09. The number of aliphatic imine (C=N–C) groups is 1. The summed E-state index contributed by atoms with van der Waals surface area (Å²) in [6.07, 6.45) is 2.84. The van der Waals surface area contributed by atoms with Crippen molar-refractivity contribution in [1.29, 1.82) is 0 Å². The molecule has 0 spiro atoms. The number of nitrogens with zero attached hydrogens (tertiary/aromatic N) is 1. The minimum absolute atomic E-state index is 0.0110. The summed E-state index contributed by atoms with van der Waals surface area (Å²) < 4.78 is 5.81. The summed E-state index contributed by atoms with van der Waals surface area (Å²) in [5.41, 5.74) is 10.5. The Bertz CT molecular complexity index is 864. The normalized spacial score (nSPS) is 22.5. The van der Waals surface area contributed by atoms with E-state index in [1.54, 1.807) is 6.21 Å². The highest BCUT2D eigenvalue weighted by atomic mass is 16.5. The van der Waals surface area contributed by atoms with Crippen molar-refractivity contribution in [3.63, 3.8) is 0 Å². The van der Waals surface area contributed by atoms with Crippen molar-refractivity contribution in [1.82, 2.24) is 0 Å². The van der Waals surface area contributed by atoms with E-state index in [9.17, 15) is 9.90 Å². The summed E-state index contributed by atoms with van der Waals surface area (Å²) in [6.45, 7) is 4.83. The van der Waals surface area contributed by atoms with Gasteiger partial charge in [0.05, 0.1) is 19.6 Å². The lowest BCUT2D eigenvalue weighted by Crippen LogP contribution is -2.37. The molecule has 1 aliphatic heterocycles. The van der Waals surface area contributed by atoms with Gasteiger partial charge in [-0.15, -0.1) is 0 Å². The van der Waals surface area contributed by atoms with Crippen LogP contribution in [0.5, 0.6) is 0 Å². The fraction of sp³-hybridized carbons (Fsp3) is 0.391. The summed E-state index contributed by atoms with van der Waals surface area (Å²) in [5.74, 6) is -0.408. The van der Waals surface area contributed by atoms with E-state index in [1.807, 2.05) is 18.2 Å². The quantitative estimate of drug-likeness (QED) is 0.752. The molecule has 5 nitrogen and oxygen atoms in total. The van der Waals surface area contributed by atoms with Crippen LogP contribution in [0.1, 0.15) is 42.9 Å². The Kier molecular flexibility index (Phi) is 6.27. The van der Waals surface area contributed by atoms with Gasteiger partial charge in [0.1, 0.15) is 6.23 Å². The Labute approximate surface area is 166 Å². The number of carbonyl (C=O) groups excluding carboxylic acids is 1. The summed E-state index contributed by atoms with van der Waals surface area (Å²) in [6, 6.07) is 14.5. The molecule has 5 heteroatoms. The smallest absolute Gasteiger partial charge is 0.222 e. The average Bonchev–Trinajstić information content (AvgIpc) is 2.67. The molecule has 3 rings (SSSR count). The van der Waals surface area contributed by atoms with E-state index in [2.05, 4.69) is 43.1 Å². The molecule has 1 fully saturated rings. The van der Waals surface area contributed by atoms with Crippen LogP contribution in [0.3, 0.4) is 0 Å². The molecule has 0 radical (unpaired) electrons. The zero-order chi connectivity index (χ0) is 20.1. The van der Waals surface area contributed by atoms with Crippen LogP contribution in [0, 0.1) is 6.92 Å². The number of amides is 1. The highest BCUT2D eigenvalue weighted by molar-refractivity contribution is 5.88. The van der Waals surface area contributed by atoms with Gasteiger partial charge in [-0.3, -0.25) is 9.79 Å². The molecule has 0 aromatic heterocycles. The van der Waals surface area contributed by atoms with Crippen molar-refractivity contribution in [3.8, 4) is 11.1 Å². The SMILES string of the molecule is Cc1cc(CO)c(C2(C)CCOC(N=CCC(N)=O)C2)c(-c2ccccc2)c1. The van der Waals surface area contributed by atoms with Gasteiger partial charge in [0.15, 0.2) is 0 Å². The van der Waals surface area contributed by atoms with E-state index in [0.29, 0.717) is 13.0 Å². The van der Waals surface area contributed by atoms with E-state index < -0.39 is 5.91 Å². The lowest BCUT2D eigenvalue weighted by molar-refractivity contribution is -0.116. The van der Waals surface area contributed by atoms with Crippen molar-refractivity contribution in [2.45, 2.75) is 51.4 Å². The number of aryl methyl sites for hydroxylation is 1. The highest BCUT2D eigenvalue weighted by Crippen LogP contribution is 2.44. The molecule has 1 saturated heterocycles. The largest absolute Gasteiger partial charge is 0.392 e. The monoisotopic (exact) mass is 380 g/mol. The number of hydrogen-bond acceptors (Lipinski definition) is 4. The third-order valence-electron chi connectivity index (χ3n) is 5.38. The molecule has 2 atom stereocenters. The fourth-order valence-electron chi connectivity index (χ4n) is 4.09. The van der Waals surface area contributed by atoms with Crippen molar-refractivity contribution in [2.75, 3.05) is 6.61 Å². The van der Waals surface area contributed by atoms with Gasteiger partial charge in [0.2, 0.25) is 5.91 Å². The number of carbonyl (C=O) groups is 1. The summed E-state index contributed by atoms with van der Waals surface area (Å²) in [7, 11) is 0. The van der Waals surface area contributed by atoms with Crippen LogP contribution in [-0.4, -0.2) is 30.1 Å². The van der Waals surface area contributed by atoms with Gasteiger partial charge in [0, 0.05) is 12.6 Å². The Morgan fingerprint density at radius 1 is 1.36 bits per heavy atom. The molecular formula is C23H28N2O3. The molecule has 28 heavy (non-hydrogen) atoms. The van der Waals surface area contributed by atoms with E-state index in [0.717, 1.165) is 34.2 Å². The Morgan fingerprint density at radius 3 is 2.79 bits per heavy atom. The Hall–Kier alpha value is -2.50. The van der Waals surface area contributed by atoms with Crippen molar-refractivity contribution in [2.24, 2.45) is 10.7 Å². The van der Waals surface area contributed by atoms with Crippen LogP contribution in [0.15, 0.2) is 47.5 Å². The predicted molar refractivity (Wildman–Crippen MR) is 111 cm³/mol. The van der Waals surface area contributed by atoms with Crippen LogP contribution < -0.4 is 5.73 Å². The number of rotatable bonds is 6. The van der Waals surface area contributed by atoms with Gasteiger partial charge < -0.3 is 15.6 Å². The number of benzene rings is 2. The summed E-state index contributed by atoms with van der Waals surface area (Å²) >= 11 is 0. The third kappa shape index (κ3) is 4.49. The second kappa shape index (κ2) is 8.67. The number of hydrogen-bond donors (Lipinski definition) is 2. The molecular weight excluding hydrogens is 352 g/mol. The van der Waals surface area contributed by atoms with Gasteiger partial charge >= 0.3 is 0 Å². The van der Waals surface area contributed by atoms with Crippen LogP contribution in [0.4, 0.5) is 0 Å². The molecule has 2 aromatic rings. The molecule has 1 amide bonds. The topological polar surface area (TPSA) is 84.9 Å². The highest BCUT2D eigenvalue weighted by Gasteiger charge is 2.37. The maximum atomic E-state index is 11.0. The van der Waals surface area contributed by atoms with Crippen molar-refractivity contribution in [3.05, 3.63) is 59.2 Å². The summed E-state index contributed by atoms with van der Waals surface area (Å²) in [5, 5.41) is 10.1. The first-order chi connectivity index (χ1) is 13.4. The Balaban J connectivity index is 2.03. The molecule has 0 bridgehead atoms. The zero-order valence-electron chi connectivity index (χ0n) is 16.5. The van der Waals surface area contributed by atoms with E-state index >= 15 is 0 Å². The van der Waals surface area contributed by atoms with Gasteiger partial charge in [-0.1, -0.05) is 55.0 Å². The molecule has 1 heterocycles. The molecule has 2 unspecified atom stereocenters. The van der Waals surface area contributed by atoms with E-state index in [-0.39, 0.29) is 24.7 Å². The van der Waals surface area contributed by atoms with Crippen LogP contribution >= 0.6 is 0 Å². The van der Waals surface area contributed by atoms with E-state index in [1.165, 1.54) is 0 Å². The van der Waals surface area contributed by atoms with Gasteiger partial charge in [-0.2, -0.15) is 0 Å². The maximum absolute atomic E-state index is 11.0. The maximum Gasteiger partial charge on any atom is 0.222 e. The van der Waals surface area contributed by atoms with Crippen molar-refractivity contribution < 1.29 is 14.6 Å². The number of nitrogens with two attached hydrogens (primary N) is 1. The minimum Gasteiger partial charge on any atom is -0.392 e. The lowest BCUT2D eigenvalue weighted by Gasteiger charge is -2.40. The minimum atomic E-state index is -0.408. The lowest BCUT2D eigenvalue weighted by atomic mass is 9.70. The summed E-state index contributed by atoms with van der Waals surface area (Å²) in [4.78, 5) is 15.4. The second-order valence-electron chi connectivity index (χ2n) is 7.71. The first-order valence-corrected chi connectivity index (χ1v) is 9.65. The molecule has 1 aliphatic rings. The van der Waals surface area contributed by atoms with Crippen molar-refractivity contribution >= 4 is 12.1 Å². The number of primary amides is 1. The standard InChI is InChI=1S/C23H28N2O3/c1-16-12-18(15-26)22(19(13-16)17-6-4-3-5-7-17)23(2)9-11-28-21(14-23)25-10-8-20(24)27/h3-7,10,12-13,21,26H,8-9,11,14-15H2,1-2H3,(H2,24,27). The average molecular weight is 380 g/mol. The number of ether oxygens (including phenoxy) is 1. The van der Waals surface area contributed by atoms with Gasteiger partial charge in [-0.05, 0) is 41.0 Å². The first kappa shape index (κ1) is 20.2. The molecule has 148 valence electrons. The molecule has 0 aliphatic carbocycles. The second-order valence-corrected chi connectivity index (χ2v) is 7.71. The van der Waals surface area contributed by atoms with Crippen LogP contribution in [0.25, 0.3) is 11.1 Å². The molecule has 3 N–H and O–H groups in total. The van der Waals surface area contributed by atoms with Crippen LogP contribution in [-0.2, 0) is 21.6 Å². The first-order valence-electron chi connectivity index (χ1n) is 9.65.